The number of nitrogens with zero attached hydrogens (tertiary/aromatic N) is 1. The van der Waals surface area contributed by atoms with E-state index in [9.17, 15) is 13.6 Å². The highest BCUT2D eigenvalue weighted by atomic mass is 35.5. The summed E-state index contributed by atoms with van der Waals surface area (Å²) in [5.41, 5.74) is 4.82. The molecule has 0 aliphatic rings. The molecule has 0 bridgehead atoms. The molecule has 0 radical (unpaired) electrons. The molecule has 1 rings (SSSR count). The van der Waals surface area contributed by atoms with Crippen molar-refractivity contribution in [2.45, 2.75) is 5.38 Å². The van der Waals surface area contributed by atoms with Gasteiger partial charge in [-0.1, -0.05) is 0 Å². The highest BCUT2D eigenvalue weighted by molar-refractivity contribution is 6.35. The number of carbonyl (C=O) groups is 1. The van der Waals surface area contributed by atoms with E-state index in [-0.39, 0.29) is 11.4 Å². The Balaban J connectivity index is 3.10. The number of hydrogen-bond donors (Lipinski definition) is 1. The molecule has 0 saturated heterocycles. The van der Waals surface area contributed by atoms with Crippen molar-refractivity contribution >= 4 is 23.2 Å². The first-order valence-corrected chi connectivity index (χ1v) is 3.62. The summed E-state index contributed by atoms with van der Waals surface area (Å²) in [7, 11) is 0. The van der Waals surface area contributed by atoms with Gasteiger partial charge in [0.05, 0.1) is 5.56 Å². The van der Waals surface area contributed by atoms with Crippen molar-refractivity contribution in [3.63, 3.8) is 0 Å². The lowest BCUT2D eigenvalue weighted by atomic mass is 10.2. The monoisotopic (exact) mass is 206 g/mol. The SMILES string of the molecule is Nc1ncccc1C(=O)C(F)(F)Cl. The van der Waals surface area contributed by atoms with Gasteiger partial charge >= 0.3 is 5.38 Å². The van der Waals surface area contributed by atoms with Crippen LogP contribution in [0.15, 0.2) is 18.3 Å². The normalized spacial score (nSPS) is 11.3. The van der Waals surface area contributed by atoms with Crippen LogP contribution < -0.4 is 5.73 Å². The van der Waals surface area contributed by atoms with E-state index in [4.69, 9.17) is 5.73 Å². The number of alkyl halides is 3. The molecule has 0 amide bonds. The Morgan fingerprint density at radius 1 is 1.62 bits per heavy atom. The number of aromatic nitrogens is 1. The molecule has 1 aromatic rings. The minimum Gasteiger partial charge on any atom is -0.383 e. The molecule has 0 unspecified atom stereocenters. The number of rotatable bonds is 2. The van der Waals surface area contributed by atoms with Crippen LogP contribution >= 0.6 is 11.6 Å². The zero-order chi connectivity index (χ0) is 10.1. The maximum absolute atomic E-state index is 12.3. The fourth-order valence-corrected chi connectivity index (χ4v) is 0.864. The molecule has 1 aromatic heterocycles. The zero-order valence-corrected chi connectivity index (χ0v) is 7.05. The van der Waals surface area contributed by atoms with Gasteiger partial charge in [0.1, 0.15) is 5.82 Å². The van der Waals surface area contributed by atoms with Gasteiger partial charge in [0, 0.05) is 6.20 Å². The summed E-state index contributed by atoms with van der Waals surface area (Å²) in [5, 5.41) is -3.93. The Bertz CT molecular complexity index is 338. The summed E-state index contributed by atoms with van der Waals surface area (Å²) in [5.74, 6) is -1.80. The third kappa shape index (κ3) is 2.12. The van der Waals surface area contributed by atoms with Gasteiger partial charge in [-0.3, -0.25) is 4.79 Å². The smallest absolute Gasteiger partial charge is 0.383 e. The second kappa shape index (κ2) is 3.26. The molecule has 70 valence electrons. The fourth-order valence-electron chi connectivity index (χ4n) is 0.762. The van der Waals surface area contributed by atoms with E-state index >= 15 is 0 Å². The van der Waals surface area contributed by atoms with Gasteiger partial charge in [-0.2, -0.15) is 8.78 Å². The molecule has 13 heavy (non-hydrogen) atoms. The second-order valence-corrected chi connectivity index (χ2v) is 2.74. The fraction of sp³-hybridized carbons (Fsp3) is 0.143. The molecule has 0 aliphatic carbocycles. The van der Waals surface area contributed by atoms with Crippen LogP contribution in [0.1, 0.15) is 10.4 Å². The van der Waals surface area contributed by atoms with Crippen LogP contribution in [0, 0.1) is 0 Å². The Morgan fingerprint density at radius 3 is 2.69 bits per heavy atom. The van der Waals surface area contributed by atoms with Gasteiger partial charge in [0.2, 0.25) is 0 Å². The van der Waals surface area contributed by atoms with Crippen molar-refractivity contribution in [1.82, 2.24) is 4.98 Å². The Hall–Kier alpha value is -1.23. The van der Waals surface area contributed by atoms with E-state index in [1.165, 1.54) is 12.3 Å². The predicted octanol–water partition coefficient (Wildman–Crippen LogP) is 1.68. The average molecular weight is 207 g/mol. The largest absolute Gasteiger partial charge is 0.385 e. The number of halogens is 3. The number of carbonyl (C=O) groups excluding carboxylic acids is 1. The summed E-state index contributed by atoms with van der Waals surface area (Å²) >= 11 is 4.52. The lowest BCUT2D eigenvalue weighted by Gasteiger charge is -2.07. The maximum atomic E-state index is 12.3. The number of anilines is 1. The third-order valence-corrected chi connectivity index (χ3v) is 1.51. The lowest BCUT2D eigenvalue weighted by Crippen LogP contribution is -2.22. The molecule has 0 aliphatic heterocycles. The molecule has 0 atom stereocenters. The molecule has 0 aromatic carbocycles. The third-order valence-electron chi connectivity index (χ3n) is 1.34. The molecular formula is C7H5ClF2N2O. The molecule has 0 saturated carbocycles. The van der Waals surface area contributed by atoms with Gasteiger partial charge in [-0.15, -0.1) is 0 Å². The van der Waals surface area contributed by atoms with E-state index < -0.39 is 11.2 Å². The molecule has 1 heterocycles. The van der Waals surface area contributed by atoms with Gasteiger partial charge < -0.3 is 5.73 Å². The first-order chi connectivity index (χ1) is 5.93. The number of ketones is 1. The molecule has 0 spiro atoms. The van der Waals surface area contributed by atoms with Gasteiger partial charge in [-0.05, 0) is 23.7 Å². The van der Waals surface area contributed by atoms with Crippen molar-refractivity contribution in [3.8, 4) is 0 Å². The number of Topliss-reactive ketones (excluding diaryl/α,β-unsaturated/α-hetero) is 1. The first-order valence-electron chi connectivity index (χ1n) is 3.25. The van der Waals surface area contributed by atoms with E-state index in [1.807, 2.05) is 0 Å². The summed E-state index contributed by atoms with van der Waals surface area (Å²) in [4.78, 5) is 14.4. The van der Waals surface area contributed by atoms with E-state index in [1.54, 1.807) is 0 Å². The molecule has 6 heteroatoms. The molecular weight excluding hydrogens is 202 g/mol. The number of nitrogen functional groups attached to an aromatic ring is 1. The zero-order valence-electron chi connectivity index (χ0n) is 6.30. The van der Waals surface area contributed by atoms with Crippen molar-refractivity contribution < 1.29 is 13.6 Å². The highest BCUT2D eigenvalue weighted by Gasteiger charge is 2.37. The Morgan fingerprint density at radius 2 is 2.23 bits per heavy atom. The van der Waals surface area contributed by atoms with E-state index in [0.29, 0.717) is 0 Å². The number of nitrogens with two attached hydrogens (primary N) is 1. The van der Waals surface area contributed by atoms with Gasteiger partial charge in [-0.25, -0.2) is 4.98 Å². The summed E-state index contributed by atoms with van der Waals surface area (Å²) < 4.78 is 24.6. The molecule has 3 nitrogen and oxygen atoms in total. The van der Waals surface area contributed by atoms with Crippen molar-refractivity contribution in [3.05, 3.63) is 23.9 Å². The summed E-state index contributed by atoms with van der Waals surface area (Å²) in [6.07, 6.45) is 1.29. The van der Waals surface area contributed by atoms with Crippen LogP contribution in [0.3, 0.4) is 0 Å². The number of hydrogen-bond acceptors (Lipinski definition) is 3. The number of pyridine rings is 1. The maximum Gasteiger partial charge on any atom is 0.385 e. The average Bonchev–Trinajstić information content (AvgIpc) is 2.02. The van der Waals surface area contributed by atoms with Crippen LogP contribution in [0.25, 0.3) is 0 Å². The summed E-state index contributed by atoms with van der Waals surface area (Å²) in [6.45, 7) is 0. The minimum atomic E-state index is -3.93. The topological polar surface area (TPSA) is 56.0 Å². The van der Waals surface area contributed by atoms with Crippen LogP contribution in [0.4, 0.5) is 14.6 Å². The Kier molecular flexibility index (Phi) is 2.47. The van der Waals surface area contributed by atoms with Crippen LogP contribution in [-0.4, -0.2) is 16.1 Å². The van der Waals surface area contributed by atoms with Crippen LogP contribution in [-0.2, 0) is 0 Å². The first kappa shape index (κ1) is 9.85. The van der Waals surface area contributed by atoms with E-state index in [0.717, 1.165) is 6.07 Å². The quantitative estimate of drug-likeness (QED) is 0.592. The van der Waals surface area contributed by atoms with E-state index in [2.05, 4.69) is 16.6 Å². The Labute approximate surface area is 77.5 Å². The minimum absolute atomic E-state index is 0.257. The van der Waals surface area contributed by atoms with Crippen molar-refractivity contribution in [2.75, 3.05) is 5.73 Å². The van der Waals surface area contributed by atoms with Crippen molar-refractivity contribution in [1.29, 1.82) is 0 Å². The van der Waals surface area contributed by atoms with Gasteiger partial charge in [0.15, 0.2) is 0 Å². The highest BCUT2D eigenvalue weighted by Crippen LogP contribution is 2.25. The van der Waals surface area contributed by atoms with Crippen molar-refractivity contribution in [2.24, 2.45) is 0 Å². The lowest BCUT2D eigenvalue weighted by molar-refractivity contribution is 0.0537. The predicted molar refractivity (Wildman–Crippen MR) is 43.8 cm³/mol. The molecule has 0 fully saturated rings. The standard InChI is InChI=1S/C7H5ClF2N2O/c8-7(9,10)5(13)4-2-1-3-12-6(4)11/h1-3H,(H2,11,12). The van der Waals surface area contributed by atoms with Crippen LogP contribution in [0.2, 0.25) is 0 Å². The summed E-state index contributed by atoms with van der Waals surface area (Å²) in [6, 6.07) is 2.47. The molecule has 2 N–H and O–H groups in total. The van der Waals surface area contributed by atoms with Gasteiger partial charge in [0.25, 0.3) is 5.78 Å². The second-order valence-electron chi connectivity index (χ2n) is 2.26. The van der Waals surface area contributed by atoms with Crippen LogP contribution in [0.5, 0.6) is 0 Å².